The van der Waals surface area contributed by atoms with Gasteiger partial charge in [-0.25, -0.2) is 0 Å². The molecule has 0 amide bonds. The zero-order valence-electron chi connectivity index (χ0n) is 9.34. The zero-order valence-corrected chi connectivity index (χ0v) is 9.34. The SMILES string of the molecule is CC1CCCC(C(CN)NC2CC2)C1. The molecule has 2 nitrogen and oxygen atoms in total. The zero-order chi connectivity index (χ0) is 9.97. The van der Waals surface area contributed by atoms with E-state index in [1.165, 1.54) is 38.5 Å². The molecule has 0 heterocycles. The van der Waals surface area contributed by atoms with Gasteiger partial charge >= 0.3 is 0 Å². The van der Waals surface area contributed by atoms with Crippen LogP contribution in [0.2, 0.25) is 0 Å². The predicted molar refractivity (Wildman–Crippen MR) is 60.1 cm³/mol. The summed E-state index contributed by atoms with van der Waals surface area (Å²) in [7, 11) is 0. The molecule has 2 aliphatic carbocycles. The Kier molecular flexibility index (Phi) is 3.45. The molecule has 14 heavy (non-hydrogen) atoms. The first-order valence-electron chi connectivity index (χ1n) is 6.25. The van der Waals surface area contributed by atoms with E-state index < -0.39 is 0 Å². The van der Waals surface area contributed by atoms with Gasteiger partial charge in [0.2, 0.25) is 0 Å². The van der Waals surface area contributed by atoms with E-state index in [-0.39, 0.29) is 0 Å². The summed E-state index contributed by atoms with van der Waals surface area (Å²) in [5, 5.41) is 3.71. The van der Waals surface area contributed by atoms with Crippen LogP contribution in [0.3, 0.4) is 0 Å². The number of hydrogen-bond donors (Lipinski definition) is 2. The van der Waals surface area contributed by atoms with Gasteiger partial charge < -0.3 is 11.1 Å². The Labute approximate surface area is 87.6 Å². The molecule has 0 spiro atoms. The average Bonchev–Trinajstić information content (AvgIpc) is 2.98. The Hall–Kier alpha value is -0.0800. The van der Waals surface area contributed by atoms with Gasteiger partial charge in [-0.05, 0) is 37.5 Å². The van der Waals surface area contributed by atoms with Gasteiger partial charge in [0.15, 0.2) is 0 Å². The number of hydrogen-bond acceptors (Lipinski definition) is 2. The molecule has 0 radical (unpaired) electrons. The summed E-state index contributed by atoms with van der Waals surface area (Å²) in [5.74, 6) is 1.77. The van der Waals surface area contributed by atoms with Crippen LogP contribution in [0.1, 0.15) is 45.4 Å². The van der Waals surface area contributed by atoms with E-state index in [2.05, 4.69) is 12.2 Å². The molecule has 0 aromatic heterocycles. The highest BCUT2D eigenvalue weighted by Crippen LogP contribution is 2.32. The minimum Gasteiger partial charge on any atom is -0.329 e. The average molecular weight is 196 g/mol. The number of nitrogens with one attached hydrogen (secondary N) is 1. The third-order valence-corrected chi connectivity index (χ3v) is 3.83. The lowest BCUT2D eigenvalue weighted by atomic mass is 9.78. The lowest BCUT2D eigenvalue weighted by Gasteiger charge is -2.33. The van der Waals surface area contributed by atoms with E-state index in [1.54, 1.807) is 0 Å². The first-order valence-corrected chi connectivity index (χ1v) is 6.25. The smallest absolute Gasteiger partial charge is 0.0221 e. The fraction of sp³-hybridized carbons (Fsp3) is 1.00. The highest BCUT2D eigenvalue weighted by atomic mass is 15.0. The quantitative estimate of drug-likeness (QED) is 0.720. The molecule has 3 unspecified atom stereocenters. The predicted octanol–water partition coefficient (Wildman–Crippen LogP) is 1.89. The lowest BCUT2D eigenvalue weighted by molar-refractivity contribution is 0.224. The first kappa shape index (κ1) is 10.4. The van der Waals surface area contributed by atoms with E-state index in [0.29, 0.717) is 6.04 Å². The fourth-order valence-electron chi connectivity index (χ4n) is 2.80. The van der Waals surface area contributed by atoms with Crippen molar-refractivity contribution in [1.29, 1.82) is 0 Å². The molecule has 2 fully saturated rings. The van der Waals surface area contributed by atoms with Crippen molar-refractivity contribution in [3.8, 4) is 0 Å². The van der Waals surface area contributed by atoms with Crippen LogP contribution in [0, 0.1) is 11.8 Å². The van der Waals surface area contributed by atoms with E-state index >= 15 is 0 Å². The highest BCUT2D eigenvalue weighted by Gasteiger charge is 2.30. The minimum atomic E-state index is 0.602. The summed E-state index contributed by atoms with van der Waals surface area (Å²) in [6.45, 7) is 3.21. The van der Waals surface area contributed by atoms with Crippen molar-refractivity contribution in [1.82, 2.24) is 5.32 Å². The van der Waals surface area contributed by atoms with Crippen molar-refractivity contribution in [2.45, 2.75) is 57.5 Å². The van der Waals surface area contributed by atoms with Crippen LogP contribution in [0.5, 0.6) is 0 Å². The second kappa shape index (κ2) is 4.63. The standard InChI is InChI=1S/C12H24N2/c1-9-3-2-4-10(7-9)12(8-13)14-11-5-6-11/h9-12,14H,2-8,13H2,1H3. The molecule has 2 aliphatic rings. The molecule has 2 saturated carbocycles. The van der Waals surface area contributed by atoms with Crippen LogP contribution in [0.15, 0.2) is 0 Å². The van der Waals surface area contributed by atoms with Gasteiger partial charge in [-0.1, -0.05) is 19.8 Å². The van der Waals surface area contributed by atoms with Crippen LogP contribution < -0.4 is 11.1 Å². The Morgan fingerprint density at radius 1 is 1.29 bits per heavy atom. The van der Waals surface area contributed by atoms with Crippen LogP contribution in [-0.4, -0.2) is 18.6 Å². The normalized spacial score (nSPS) is 35.6. The lowest BCUT2D eigenvalue weighted by Crippen LogP contribution is -2.44. The molecule has 2 rings (SSSR count). The molecule has 3 N–H and O–H groups in total. The number of rotatable bonds is 4. The van der Waals surface area contributed by atoms with Gasteiger partial charge in [0, 0.05) is 18.6 Å². The van der Waals surface area contributed by atoms with Crippen molar-refractivity contribution in [3.05, 3.63) is 0 Å². The second-order valence-electron chi connectivity index (χ2n) is 5.31. The maximum Gasteiger partial charge on any atom is 0.0221 e. The molecule has 0 aromatic rings. The van der Waals surface area contributed by atoms with Gasteiger partial charge in [-0.2, -0.15) is 0 Å². The molecule has 2 heteroatoms. The van der Waals surface area contributed by atoms with E-state index in [4.69, 9.17) is 5.73 Å². The third-order valence-electron chi connectivity index (χ3n) is 3.83. The molecular formula is C12H24N2. The van der Waals surface area contributed by atoms with Gasteiger partial charge in [-0.15, -0.1) is 0 Å². The van der Waals surface area contributed by atoms with Crippen molar-refractivity contribution in [2.75, 3.05) is 6.54 Å². The Bertz CT molecular complexity index is 175. The highest BCUT2D eigenvalue weighted by molar-refractivity contribution is 4.89. The van der Waals surface area contributed by atoms with Crippen molar-refractivity contribution in [3.63, 3.8) is 0 Å². The first-order chi connectivity index (χ1) is 6.79. The number of nitrogens with two attached hydrogens (primary N) is 1. The molecule has 0 aromatic carbocycles. The summed E-state index contributed by atoms with van der Waals surface area (Å²) in [4.78, 5) is 0. The van der Waals surface area contributed by atoms with E-state index in [9.17, 15) is 0 Å². The molecule has 0 bridgehead atoms. The Balaban J connectivity index is 1.82. The van der Waals surface area contributed by atoms with Gasteiger partial charge in [0.05, 0.1) is 0 Å². The summed E-state index contributed by atoms with van der Waals surface area (Å²) < 4.78 is 0. The summed E-state index contributed by atoms with van der Waals surface area (Å²) in [5.41, 5.74) is 5.86. The largest absolute Gasteiger partial charge is 0.329 e. The van der Waals surface area contributed by atoms with Crippen molar-refractivity contribution >= 4 is 0 Å². The van der Waals surface area contributed by atoms with E-state index in [1.807, 2.05) is 0 Å². The summed E-state index contributed by atoms with van der Waals surface area (Å²) >= 11 is 0. The van der Waals surface area contributed by atoms with Crippen LogP contribution >= 0.6 is 0 Å². The molecule has 0 saturated heterocycles. The molecule has 82 valence electrons. The summed E-state index contributed by atoms with van der Waals surface area (Å²) in [6.07, 6.45) is 8.37. The van der Waals surface area contributed by atoms with Gasteiger partial charge in [-0.3, -0.25) is 0 Å². The fourth-order valence-corrected chi connectivity index (χ4v) is 2.80. The van der Waals surface area contributed by atoms with Crippen LogP contribution in [0.4, 0.5) is 0 Å². The van der Waals surface area contributed by atoms with Gasteiger partial charge in [0.1, 0.15) is 0 Å². The Morgan fingerprint density at radius 3 is 2.64 bits per heavy atom. The topological polar surface area (TPSA) is 38.0 Å². The van der Waals surface area contributed by atoms with Crippen molar-refractivity contribution < 1.29 is 0 Å². The van der Waals surface area contributed by atoms with Gasteiger partial charge in [0.25, 0.3) is 0 Å². The third kappa shape index (κ3) is 2.71. The maximum atomic E-state index is 5.86. The maximum absolute atomic E-state index is 5.86. The van der Waals surface area contributed by atoms with Crippen molar-refractivity contribution in [2.24, 2.45) is 17.6 Å². The monoisotopic (exact) mass is 196 g/mol. The second-order valence-corrected chi connectivity index (χ2v) is 5.31. The van der Waals surface area contributed by atoms with E-state index in [0.717, 1.165) is 24.4 Å². The van der Waals surface area contributed by atoms with Crippen LogP contribution in [-0.2, 0) is 0 Å². The molecular weight excluding hydrogens is 172 g/mol. The molecule has 0 aliphatic heterocycles. The van der Waals surface area contributed by atoms with Crippen LogP contribution in [0.25, 0.3) is 0 Å². The molecule has 3 atom stereocenters. The minimum absolute atomic E-state index is 0.602. The Morgan fingerprint density at radius 2 is 2.07 bits per heavy atom. The summed E-state index contributed by atoms with van der Waals surface area (Å²) in [6, 6.07) is 1.41.